The number of anilines is 1. The van der Waals surface area contributed by atoms with Gasteiger partial charge in [0.2, 0.25) is 5.91 Å². The van der Waals surface area contributed by atoms with Crippen molar-refractivity contribution in [2.45, 2.75) is 27.0 Å². The molecular weight excluding hydrogens is 374 g/mol. The summed E-state index contributed by atoms with van der Waals surface area (Å²) in [5.74, 6) is -0.281. The van der Waals surface area contributed by atoms with Crippen molar-refractivity contribution in [3.63, 3.8) is 0 Å². The molecule has 0 atom stereocenters. The summed E-state index contributed by atoms with van der Waals surface area (Å²) in [4.78, 5) is 12.2. The van der Waals surface area contributed by atoms with Crippen molar-refractivity contribution < 1.29 is 9.90 Å². The van der Waals surface area contributed by atoms with Crippen molar-refractivity contribution >= 4 is 29.3 Å². The molecule has 5 nitrogen and oxygen atoms in total. The molecule has 2 N–H and O–H groups in total. The fourth-order valence-electron chi connectivity index (χ4n) is 2.82. The highest BCUT2D eigenvalue weighted by atomic mass is 35.5. The summed E-state index contributed by atoms with van der Waals surface area (Å²) in [6, 6.07) is 15.3. The lowest BCUT2D eigenvalue weighted by Gasteiger charge is -2.04. The Morgan fingerprint density at radius 2 is 1.93 bits per heavy atom. The fourth-order valence-corrected chi connectivity index (χ4v) is 3.12. The molecule has 1 aromatic heterocycles. The number of aliphatic hydroxyl groups is 1. The normalized spacial score (nSPS) is 11.1. The number of carbonyl (C=O) groups is 1. The van der Waals surface area contributed by atoms with Gasteiger partial charge in [0.25, 0.3) is 0 Å². The monoisotopic (exact) mass is 395 g/mol. The van der Waals surface area contributed by atoms with Crippen molar-refractivity contribution in [1.82, 2.24) is 9.78 Å². The summed E-state index contributed by atoms with van der Waals surface area (Å²) in [7, 11) is 0. The molecule has 0 aliphatic rings. The van der Waals surface area contributed by atoms with Crippen molar-refractivity contribution in [1.29, 1.82) is 0 Å². The summed E-state index contributed by atoms with van der Waals surface area (Å²) in [5, 5.41) is 16.9. The number of rotatable bonds is 6. The molecule has 2 aromatic carbocycles. The zero-order valence-corrected chi connectivity index (χ0v) is 16.6. The van der Waals surface area contributed by atoms with Crippen LogP contribution in [0.1, 0.15) is 27.9 Å². The van der Waals surface area contributed by atoms with Crippen LogP contribution in [0.5, 0.6) is 0 Å². The first kappa shape index (κ1) is 19.9. The first-order valence-corrected chi connectivity index (χ1v) is 9.31. The van der Waals surface area contributed by atoms with Gasteiger partial charge in [0, 0.05) is 17.3 Å². The zero-order valence-electron chi connectivity index (χ0n) is 15.8. The van der Waals surface area contributed by atoms with Crippen LogP contribution >= 0.6 is 11.6 Å². The molecule has 0 bridgehead atoms. The van der Waals surface area contributed by atoms with Crippen LogP contribution in [-0.4, -0.2) is 20.8 Å². The second-order valence-corrected chi connectivity index (χ2v) is 6.97. The number of aromatic nitrogens is 2. The molecule has 0 aliphatic carbocycles. The number of benzene rings is 2. The minimum absolute atomic E-state index is 0.0749. The number of hydrogen-bond donors (Lipinski definition) is 2. The lowest BCUT2D eigenvalue weighted by molar-refractivity contribution is -0.111. The maximum atomic E-state index is 12.2. The minimum atomic E-state index is -0.281. The molecule has 0 spiro atoms. The summed E-state index contributed by atoms with van der Waals surface area (Å²) < 4.78 is 1.73. The largest absolute Gasteiger partial charge is 0.392 e. The predicted octanol–water partition coefficient (Wildman–Crippen LogP) is 4.35. The van der Waals surface area contributed by atoms with Crippen LogP contribution in [0.4, 0.5) is 5.69 Å². The Morgan fingerprint density at radius 1 is 1.18 bits per heavy atom. The predicted molar refractivity (Wildman–Crippen MR) is 112 cm³/mol. The van der Waals surface area contributed by atoms with Crippen LogP contribution in [0.15, 0.2) is 54.6 Å². The highest BCUT2D eigenvalue weighted by Gasteiger charge is 2.12. The smallest absolute Gasteiger partial charge is 0.248 e. The van der Waals surface area contributed by atoms with E-state index >= 15 is 0 Å². The quantitative estimate of drug-likeness (QED) is 0.610. The fraction of sp³-hybridized carbons (Fsp3) is 0.182. The molecule has 0 aliphatic heterocycles. The number of amides is 1. The summed E-state index contributed by atoms with van der Waals surface area (Å²) in [5.41, 5.74) is 5.13. The molecule has 0 radical (unpaired) electrons. The lowest BCUT2D eigenvalue weighted by Crippen LogP contribution is -2.08. The SMILES string of the molecule is Cc1ccc(Cn2nc(C)c(/C=C/C(=O)Nc3cccc(CO)c3)c2Cl)cc1. The Kier molecular flexibility index (Phi) is 6.29. The minimum Gasteiger partial charge on any atom is -0.392 e. The molecule has 144 valence electrons. The van der Waals surface area contributed by atoms with E-state index in [4.69, 9.17) is 11.6 Å². The van der Waals surface area contributed by atoms with E-state index in [9.17, 15) is 9.90 Å². The Morgan fingerprint density at radius 3 is 2.64 bits per heavy atom. The van der Waals surface area contributed by atoms with Crippen LogP contribution < -0.4 is 5.32 Å². The van der Waals surface area contributed by atoms with Gasteiger partial charge in [0.15, 0.2) is 0 Å². The molecule has 1 heterocycles. The van der Waals surface area contributed by atoms with Crippen LogP contribution in [0, 0.1) is 13.8 Å². The Balaban J connectivity index is 1.71. The van der Waals surface area contributed by atoms with E-state index in [0.717, 1.165) is 16.8 Å². The van der Waals surface area contributed by atoms with Crippen LogP contribution in [-0.2, 0) is 17.9 Å². The second kappa shape index (κ2) is 8.87. The molecule has 1 amide bonds. The summed E-state index contributed by atoms with van der Waals surface area (Å²) in [6.07, 6.45) is 3.10. The molecule has 0 unspecified atom stereocenters. The van der Waals surface area contributed by atoms with Gasteiger partial charge in [0.1, 0.15) is 5.15 Å². The topological polar surface area (TPSA) is 67.2 Å². The average molecular weight is 396 g/mol. The molecule has 0 fully saturated rings. The highest BCUT2D eigenvalue weighted by molar-refractivity contribution is 6.31. The van der Waals surface area contributed by atoms with Crippen molar-refractivity contribution in [3.8, 4) is 0 Å². The van der Waals surface area contributed by atoms with E-state index in [1.165, 1.54) is 11.6 Å². The standard InChI is InChI=1S/C22H22ClN3O2/c1-15-6-8-17(9-7-15)13-26-22(23)20(16(2)25-26)10-11-21(28)24-19-5-3-4-18(12-19)14-27/h3-12,27H,13-14H2,1-2H3,(H,24,28)/b11-10+. The molecule has 3 aromatic rings. The number of carbonyl (C=O) groups excluding carboxylic acids is 1. The number of nitrogens with one attached hydrogen (secondary N) is 1. The van der Waals surface area contributed by atoms with Crippen LogP contribution in [0.3, 0.4) is 0 Å². The maximum Gasteiger partial charge on any atom is 0.248 e. The summed E-state index contributed by atoms with van der Waals surface area (Å²) in [6.45, 7) is 4.39. The Labute approximate surface area is 169 Å². The third-order valence-corrected chi connectivity index (χ3v) is 4.74. The van der Waals surface area contributed by atoms with Crippen LogP contribution in [0.2, 0.25) is 5.15 Å². The van der Waals surface area contributed by atoms with E-state index in [1.54, 1.807) is 35.0 Å². The molecule has 0 saturated heterocycles. The van der Waals surface area contributed by atoms with E-state index < -0.39 is 0 Å². The van der Waals surface area contributed by atoms with Crippen molar-refractivity contribution in [2.75, 3.05) is 5.32 Å². The van der Waals surface area contributed by atoms with E-state index in [0.29, 0.717) is 22.9 Å². The zero-order chi connectivity index (χ0) is 20.1. The van der Waals surface area contributed by atoms with Gasteiger partial charge in [-0.15, -0.1) is 0 Å². The Hall–Kier alpha value is -2.89. The molecule has 0 saturated carbocycles. The van der Waals surface area contributed by atoms with Gasteiger partial charge in [-0.25, -0.2) is 4.68 Å². The van der Waals surface area contributed by atoms with E-state index in [1.807, 2.05) is 26.0 Å². The molecule has 6 heteroatoms. The third-order valence-electron chi connectivity index (χ3n) is 4.34. The average Bonchev–Trinajstić information content (AvgIpc) is 2.95. The Bertz CT molecular complexity index is 1010. The maximum absolute atomic E-state index is 12.2. The number of nitrogens with zero attached hydrogens (tertiary/aromatic N) is 2. The second-order valence-electron chi connectivity index (χ2n) is 6.61. The van der Waals surface area contributed by atoms with Crippen LogP contribution in [0.25, 0.3) is 6.08 Å². The van der Waals surface area contributed by atoms with Crippen molar-refractivity contribution in [2.24, 2.45) is 0 Å². The lowest BCUT2D eigenvalue weighted by atomic mass is 10.1. The van der Waals surface area contributed by atoms with E-state index in [-0.39, 0.29) is 12.5 Å². The first-order valence-electron chi connectivity index (χ1n) is 8.93. The van der Waals surface area contributed by atoms with Gasteiger partial charge in [-0.1, -0.05) is 53.6 Å². The molecule has 28 heavy (non-hydrogen) atoms. The van der Waals surface area contributed by atoms with Gasteiger partial charge in [-0.2, -0.15) is 5.10 Å². The van der Waals surface area contributed by atoms with Crippen molar-refractivity contribution in [3.05, 3.63) is 87.7 Å². The number of aliphatic hydroxyl groups excluding tert-OH is 1. The molecule has 3 rings (SSSR count). The highest BCUT2D eigenvalue weighted by Crippen LogP contribution is 2.22. The number of aryl methyl sites for hydroxylation is 2. The first-order chi connectivity index (χ1) is 13.5. The summed E-state index contributed by atoms with van der Waals surface area (Å²) >= 11 is 6.48. The number of halogens is 1. The van der Waals surface area contributed by atoms with Gasteiger partial charge in [0.05, 0.1) is 18.8 Å². The third kappa shape index (κ3) is 4.88. The molecular formula is C22H22ClN3O2. The van der Waals surface area contributed by atoms with E-state index in [2.05, 4.69) is 22.5 Å². The number of hydrogen-bond acceptors (Lipinski definition) is 3. The van der Waals surface area contributed by atoms with Gasteiger partial charge >= 0.3 is 0 Å². The van der Waals surface area contributed by atoms with Gasteiger partial charge < -0.3 is 10.4 Å². The van der Waals surface area contributed by atoms with Gasteiger partial charge in [-0.3, -0.25) is 4.79 Å². The van der Waals surface area contributed by atoms with Gasteiger partial charge in [-0.05, 0) is 43.2 Å².